The van der Waals surface area contributed by atoms with Gasteiger partial charge in [-0.15, -0.1) is 0 Å². The number of pyridine rings is 2. The lowest BCUT2D eigenvalue weighted by Gasteiger charge is -2.04. The van der Waals surface area contributed by atoms with Crippen LogP contribution in [0.5, 0.6) is 0 Å². The molecular weight excluding hydrogens is 298 g/mol. The third-order valence-corrected chi connectivity index (χ3v) is 4.30. The molecule has 5 rings (SSSR count). The Labute approximate surface area is 138 Å². The van der Waals surface area contributed by atoms with E-state index in [1.165, 1.54) is 10.8 Å². The van der Waals surface area contributed by atoms with Crippen LogP contribution in [-0.2, 0) is 0 Å². The molecule has 0 radical (unpaired) electrons. The predicted molar refractivity (Wildman–Crippen MR) is 98.0 cm³/mol. The molecule has 0 saturated heterocycles. The summed E-state index contributed by atoms with van der Waals surface area (Å²) in [7, 11) is 0. The molecule has 3 N–H and O–H groups in total. The maximum absolute atomic E-state index is 4.63. The molecule has 24 heavy (non-hydrogen) atoms. The summed E-state index contributed by atoms with van der Waals surface area (Å²) in [4.78, 5) is 12.5. The van der Waals surface area contributed by atoms with Gasteiger partial charge >= 0.3 is 0 Å². The fourth-order valence-electron chi connectivity index (χ4n) is 3.22. The van der Waals surface area contributed by atoms with E-state index in [0.717, 1.165) is 33.2 Å². The minimum absolute atomic E-state index is 0. The summed E-state index contributed by atoms with van der Waals surface area (Å²) >= 11 is 0. The second kappa shape index (κ2) is 5.44. The molecule has 3 heterocycles. The molecule has 3 aromatic heterocycles. The van der Waals surface area contributed by atoms with Gasteiger partial charge in [-0.3, -0.25) is 9.97 Å². The largest absolute Gasteiger partial charge is 0.412 e. The zero-order valence-corrected chi connectivity index (χ0v) is 12.8. The number of para-hydroxylation sites is 1. The highest BCUT2D eigenvalue weighted by atomic mass is 16.0. The van der Waals surface area contributed by atoms with Crippen molar-refractivity contribution in [3.05, 3.63) is 73.1 Å². The fraction of sp³-hybridized carbons (Fsp3) is 0. The molecule has 4 heteroatoms. The van der Waals surface area contributed by atoms with Crippen molar-refractivity contribution in [2.45, 2.75) is 0 Å². The quantitative estimate of drug-likeness (QED) is 0.506. The van der Waals surface area contributed by atoms with E-state index < -0.39 is 0 Å². The molecule has 0 atom stereocenters. The molecule has 0 saturated carbocycles. The molecule has 0 amide bonds. The van der Waals surface area contributed by atoms with Gasteiger partial charge in [-0.25, -0.2) is 0 Å². The first-order chi connectivity index (χ1) is 11.4. The molecule has 0 unspecified atom stereocenters. The maximum atomic E-state index is 4.63. The van der Waals surface area contributed by atoms with Gasteiger partial charge in [-0.05, 0) is 30.3 Å². The summed E-state index contributed by atoms with van der Waals surface area (Å²) in [5, 5.41) is 3.56. The van der Waals surface area contributed by atoms with Crippen LogP contribution in [-0.4, -0.2) is 20.4 Å². The van der Waals surface area contributed by atoms with Crippen LogP contribution in [0.15, 0.2) is 73.1 Å². The van der Waals surface area contributed by atoms with E-state index in [-0.39, 0.29) is 5.48 Å². The van der Waals surface area contributed by atoms with Crippen molar-refractivity contribution in [3.63, 3.8) is 0 Å². The maximum Gasteiger partial charge on any atom is 0.0943 e. The van der Waals surface area contributed by atoms with Crippen LogP contribution < -0.4 is 0 Å². The zero-order chi connectivity index (χ0) is 15.2. The Morgan fingerprint density at radius 3 is 2.62 bits per heavy atom. The Balaban J connectivity index is 0.00000146. The minimum atomic E-state index is 0. The summed E-state index contributed by atoms with van der Waals surface area (Å²) in [6.07, 6.45) is 3.70. The van der Waals surface area contributed by atoms with E-state index in [1.54, 1.807) is 0 Å². The zero-order valence-electron chi connectivity index (χ0n) is 12.8. The average molecular weight is 313 g/mol. The highest BCUT2D eigenvalue weighted by molar-refractivity contribution is 6.11. The van der Waals surface area contributed by atoms with Crippen LogP contribution in [0.4, 0.5) is 0 Å². The number of hydrogen-bond donors (Lipinski definition) is 1. The summed E-state index contributed by atoms with van der Waals surface area (Å²) in [6.45, 7) is 0. The third-order valence-electron chi connectivity index (χ3n) is 4.30. The van der Waals surface area contributed by atoms with Crippen molar-refractivity contribution in [2.24, 2.45) is 0 Å². The number of hydrogen-bond acceptors (Lipinski definition) is 2. The van der Waals surface area contributed by atoms with Crippen molar-refractivity contribution in [3.8, 4) is 11.3 Å². The van der Waals surface area contributed by atoms with Gasteiger partial charge in [0.1, 0.15) is 0 Å². The SMILES string of the molecule is O.c1cnc2ccc(-c3nccc4c3[nH]c3ccccc34)cc2c1. The van der Waals surface area contributed by atoms with Crippen molar-refractivity contribution in [1.82, 2.24) is 15.0 Å². The Morgan fingerprint density at radius 2 is 1.67 bits per heavy atom. The molecule has 0 fully saturated rings. The lowest BCUT2D eigenvalue weighted by Crippen LogP contribution is -1.86. The van der Waals surface area contributed by atoms with E-state index in [1.807, 2.05) is 30.6 Å². The second-order valence-corrected chi connectivity index (χ2v) is 5.66. The normalized spacial score (nSPS) is 11.0. The van der Waals surface area contributed by atoms with Gasteiger partial charge < -0.3 is 10.5 Å². The van der Waals surface area contributed by atoms with Crippen molar-refractivity contribution >= 4 is 32.7 Å². The number of aromatic nitrogens is 3. The molecule has 0 aliphatic rings. The van der Waals surface area contributed by atoms with Crippen LogP contribution in [0.3, 0.4) is 0 Å². The highest BCUT2D eigenvalue weighted by Gasteiger charge is 2.10. The number of nitrogens with zero attached hydrogens (tertiary/aromatic N) is 2. The van der Waals surface area contributed by atoms with Gasteiger partial charge in [-0.2, -0.15) is 0 Å². The molecule has 4 nitrogen and oxygen atoms in total. The van der Waals surface area contributed by atoms with Gasteiger partial charge in [0.05, 0.1) is 16.7 Å². The van der Waals surface area contributed by atoms with E-state index in [4.69, 9.17) is 0 Å². The minimum Gasteiger partial charge on any atom is -0.412 e. The molecule has 5 aromatic rings. The Bertz CT molecular complexity index is 1180. The fourth-order valence-corrected chi connectivity index (χ4v) is 3.22. The van der Waals surface area contributed by atoms with Crippen molar-refractivity contribution in [2.75, 3.05) is 0 Å². The van der Waals surface area contributed by atoms with Crippen molar-refractivity contribution < 1.29 is 5.48 Å². The van der Waals surface area contributed by atoms with Crippen LogP contribution in [0.25, 0.3) is 44.0 Å². The number of aromatic amines is 1. The summed E-state index contributed by atoms with van der Waals surface area (Å²) in [5.74, 6) is 0. The molecule has 0 spiro atoms. The second-order valence-electron chi connectivity index (χ2n) is 5.66. The number of benzene rings is 2. The molecular formula is C20H15N3O. The number of nitrogens with one attached hydrogen (secondary N) is 1. The number of H-pyrrole nitrogens is 1. The molecule has 0 aliphatic carbocycles. The van der Waals surface area contributed by atoms with Gasteiger partial charge in [0.25, 0.3) is 0 Å². The van der Waals surface area contributed by atoms with Crippen LogP contribution >= 0.6 is 0 Å². The van der Waals surface area contributed by atoms with E-state index in [9.17, 15) is 0 Å². The predicted octanol–water partition coefficient (Wildman–Crippen LogP) is 4.11. The summed E-state index contributed by atoms with van der Waals surface area (Å²) in [6, 6.07) is 20.8. The standard InChI is InChI=1S/C20H13N3.H2O/c1-2-6-18-15(5-1)16-9-11-22-19(20(16)23-18)14-7-8-17-13(12-14)4-3-10-21-17;/h1-12,23H;1H2. The summed E-state index contributed by atoms with van der Waals surface area (Å²) in [5.41, 5.74) is 5.29. The lowest BCUT2D eigenvalue weighted by molar-refractivity contribution is 0.824. The van der Waals surface area contributed by atoms with E-state index >= 15 is 0 Å². The van der Waals surface area contributed by atoms with Gasteiger partial charge in [0.15, 0.2) is 0 Å². The molecule has 2 aromatic carbocycles. The highest BCUT2D eigenvalue weighted by Crippen LogP contribution is 2.32. The van der Waals surface area contributed by atoms with E-state index in [2.05, 4.69) is 57.4 Å². The van der Waals surface area contributed by atoms with Crippen LogP contribution in [0.2, 0.25) is 0 Å². The Morgan fingerprint density at radius 1 is 0.750 bits per heavy atom. The molecule has 0 aliphatic heterocycles. The van der Waals surface area contributed by atoms with Gasteiger partial charge in [-0.1, -0.05) is 30.3 Å². The van der Waals surface area contributed by atoms with Crippen LogP contribution in [0.1, 0.15) is 0 Å². The van der Waals surface area contributed by atoms with Crippen molar-refractivity contribution in [1.29, 1.82) is 0 Å². The topological polar surface area (TPSA) is 73.1 Å². The molecule has 0 bridgehead atoms. The van der Waals surface area contributed by atoms with Gasteiger partial charge in [0, 0.05) is 39.6 Å². The van der Waals surface area contributed by atoms with E-state index in [0.29, 0.717) is 0 Å². The average Bonchev–Trinajstić information content (AvgIpc) is 3.00. The first kappa shape index (κ1) is 14.4. The van der Waals surface area contributed by atoms with Gasteiger partial charge in [0.2, 0.25) is 0 Å². The lowest BCUT2D eigenvalue weighted by atomic mass is 10.1. The molecule has 116 valence electrons. The van der Waals surface area contributed by atoms with Crippen LogP contribution in [0, 0.1) is 0 Å². The summed E-state index contributed by atoms with van der Waals surface area (Å²) < 4.78 is 0. The Kier molecular flexibility index (Phi) is 3.25. The number of rotatable bonds is 1. The first-order valence-electron chi connectivity index (χ1n) is 7.61. The number of fused-ring (bicyclic) bond motifs is 4. The third kappa shape index (κ3) is 2.05. The first-order valence-corrected chi connectivity index (χ1v) is 7.61. The Hall–Kier alpha value is -3.24. The monoisotopic (exact) mass is 313 g/mol. The smallest absolute Gasteiger partial charge is 0.0943 e.